The predicted molar refractivity (Wildman–Crippen MR) is 143 cm³/mol. The number of aliphatic hydroxyl groups is 1. The normalized spacial score (nSPS) is 16.8. The molecule has 1 atom stereocenters. The van der Waals surface area contributed by atoms with Crippen molar-refractivity contribution in [3.05, 3.63) is 53.0 Å². The van der Waals surface area contributed by atoms with Gasteiger partial charge in [0.05, 0.1) is 29.9 Å². The first-order valence-corrected chi connectivity index (χ1v) is 14.1. The highest BCUT2D eigenvalue weighted by molar-refractivity contribution is 8.01. The second-order valence-corrected chi connectivity index (χ2v) is 11.8. The van der Waals surface area contributed by atoms with Crippen LogP contribution in [0, 0.1) is 5.41 Å². The molecule has 0 saturated carbocycles. The lowest BCUT2D eigenvalue weighted by atomic mass is 9.71. The summed E-state index contributed by atoms with van der Waals surface area (Å²) in [6.45, 7) is 2.30. The molecule has 1 aromatic carbocycles. The van der Waals surface area contributed by atoms with E-state index in [1.165, 1.54) is 10.4 Å². The smallest absolute Gasteiger partial charge is 0.303 e. The predicted octanol–water partition coefficient (Wildman–Crippen LogP) is 5.94. The fourth-order valence-corrected chi connectivity index (χ4v) is 7.00. The number of methoxy groups -OCH3 is 1. The molecular weight excluding hydrogens is 499 g/mol. The van der Waals surface area contributed by atoms with E-state index in [4.69, 9.17) is 4.74 Å². The molecule has 1 saturated heterocycles. The van der Waals surface area contributed by atoms with Gasteiger partial charge in [-0.3, -0.25) is 9.78 Å². The first kappa shape index (κ1) is 26.9. The number of likely N-dealkylation sites (tertiary alicyclic amines) is 1. The highest BCUT2D eigenvalue weighted by atomic mass is 32.2. The molecule has 194 valence electrons. The summed E-state index contributed by atoms with van der Waals surface area (Å²) in [5, 5.41) is 22.2. The van der Waals surface area contributed by atoms with Crippen molar-refractivity contribution >= 4 is 40.0 Å². The largest absolute Gasteiger partial charge is 0.497 e. The molecule has 1 fully saturated rings. The van der Waals surface area contributed by atoms with Crippen LogP contribution in [0.3, 0.4) is 0 Å². The number of carboxylic acid groups (broad SMARTS) is 1. The fourth-order valence-electron chi connectivity index (χ4n) is 5.14. The Hall–Kier alpha value is -2.20. The van der Waals surface area contributed by atoms with Gasteiger partial charge in [-0.05, 0) is 73.8 Å². The molecule has 4 rings (SSSR count). The van der Waals surface area contributed by atoms with E-state index < -0.39 is 17.6 Å². The summed E-state index contributed by atoms with van der Waals surface area (Å²) in [6.07, 6.45) is 2.41. The van der Waals surface area contributed by atoms with Crippen molar-refractivity contribution in [3.63, 3.8) is 0 Å². The Kier molecular flexibility index (Phi) is 9.22. The van der Waals surface area contributed by atoms with Crippen molar-refractivity contribution in [2.24, 2.45) is 5.41 Å². The van der Waals surface area contributed by atoms with Crippen molar-refractivity contribution in [2.75, 3.05) is 32.5 Å². The van der Waals surface area contributed by atoms with Gasteiger partial charge in [0.25, 0.3) is 0 Å². The Morgan fingerprint density at radius 3 is 2.81 bits per heavy atom. The molecule has 0 radical (unpaired) electrons. The van der Waals surface area contributed by atoms with Crippen LogP contribution in [0.5, 0.6) is 5.75 Å². The molecule has 2 N–H and O–H groups in total. The van der Waals surface area contributed by atoms with E-state index in [2.05, 4.69) is 27.4 Å². The lowest BCUT2D eigenvalue weighted by molar-refractivity contribution is -0.141. The van der Waals surface area contributed by atoms with E-state index in [0.717, 1.165) is 38.2 Å². The number of aliphatic hydroxyl groups excluding tert-OH is 1. The van der Waals surface area contributed by atoms with Gasteiger partial charge in [0.2, 0.25) is 0 Å². The van der Waals surface area contributed by atoms with Crippen LogP contribution in [0.15, 0.2) is 46.1 Å². The number of carboxylic acids is 1. The second-order valence-electron chi connectivity index (χ2n) is 9.44. The number of alkyl halides is 1. The molecule has 1 aliphatic heterocycles. The Labute approximate surface area is 219 Å². The molecule has 0 bridgehead atoms. The Bertz CT molecular complexity index is 1140. The molecule has 3 aromatic rings. The Morgan fingerprint density at radius 2 is 2.14 bits per heavy atom. The van der Waals surface area contributed by atoms with Crippen molar-refractivity contribution in [1.82, 2.24) is 9.88 Å². The molecule has 1 unspecified atom stereocenters. The number of pyridine rings is 1. The summed E-state index contributed by atoms with van der Waals surface area (Å²) >= 11 is 3.59. The van der Waals surface area contributed by atoms with Crippen LogP contribution >= 0.6 is 23.1 Å². The number of thioether (sulfide) groups is 1. The van der Waals surface area contributed by atoms with Crippen molar-refractivity contribution in [2.45, 2.75) is 49.1 Å². The second kappa shape index (κ2) is 12.4. The monoisotopic (exact) mass is 532 g/mol. The number of nitrogens with zero attached hydrogens (tertiary/aromatic N) is 2. The topological polar surface area (TPSA) is 82.9 Å². The average Bonchev–Trinajstić information content (AvgIpc) is 3.40. The first-order valence-electron chi connectivity index (χ1n) is 12.2. The maximum absolute atomic E-state index is 15.8. The quantitative estimate of drug-likeness (QED) is 0.280. The number of hydrogen-bond acceptors (Lipinski definition) is 7. The van der Waals surface area contributed by atoms with Gasteiger partial charge in [0, 0.05) is 35.0 Å². The third kappa shape index (κ3) is 6.56. The highest BCUT2D eigenvalue weighted by Crippen LogP contribution is 2.43. The molecule has 2 aromatic heterocycles. The van der Waals surface area contributed by atoms with Gasteiger partial charge in [0.15, 0.2) is 0 Å². The number of ether oxygens (including phenoxy) is 1. The number of aromatic nitrogens is 1. The molecule has 0 spiro atoms. The SMILES string of the molecule is COc1ccc2ncc(CO)c(C(F)CCC3(CC(=O)O)CCN(CCSc4cccs4)CC3)c2c1. The van der Waals surface area contributed by atoms with Gasteiger partial charge in [-0.25, -0.2) is 4.39 Å². The van der Waals surface area contributed by atoms with Crippen LogP contribution < -0.4 is 4.74 Å². The van der Waals surface area contributed by atoms with E-state index in [9.17, 15) is 15.0 Å². The van der Waals surface area contributed by atoms with Crippen molar-refractivity contribution in [1.29, 1.82) is 0 Å². The number of fused-ring (bicyclic) bond motifs is 1. The highest BCUT2D eigenvalue weighted by Gasteiger charge is 2.37. The molecule has 9 heteroatoms. The minimum Gasteiger partial charge on any atom is -0.497 e. The lowest BCUT2D eigenvalue weighted by Crippen LogP contribution is -2.42. The third-order valence-corrected chi connectivity index (χ3v) is 9.31. The summed E-state index contributed by atoms with van der Waals surface area (Å²) in [6, 6.07) is 9.49. The van der Waals surface area contributed by atoms with Gasteiger partial charge < -0.3 is 19.8 Å². The minimum atomic E-state index is -1.34. The Morgan fingerprint density at radius 1 is 1.33 bits per heavy atom. The van der Waals surface area contributed by atoms with E-state index in [0.29, 0.717) is 34.2 Å². The van der Waals surface area contributed by atoms with Crippen LogP contribution in [0.2, 0.25) is 0 Å². The number of rotatable bonds is 12. The summed E-state index contributed by atoms with van der Waals surface area (Å²) < 4.78 is 22.5. The van der Waals surface area contributed by atoms with E-state index in [-0.39, 0.29) is 19.4 Å². The fraction of sp³-hybridized carbons (Fsp3) is 0.481. The molecule has 6 nitrogen and oxygen atoms in total. The molecular formula is C27H33FN2O4S2. The van der Waals surface area contributed by atoms with Gasteiger partial charge in [-0.15, -0.1) is 23.1 Å². The third-order valence-electron chi connectivity index (χ3n) is 7.20. The van der Waals surface area contributed by atoms with Crippen LogP contribution in [0.4, 0.5) is 4.39 Å². The van der Waals surface area contributed by atoms with E-state index in [1.807, 2.05) is 11.8 Å². The van der Waals surface area contributed by atoms with Crippen LogP contribution in [0.1, 0.15) is 49.4 Å². The van der Waals surface area contributed by atoms with Crippen LogP contribution in [-0.4, -0.2) is 58.6 Å². The summed E-state index contributed by atoms with van der Waals surface area (Å²) in [4.78, 5) is 18.5. The maximum atomic E-state index is 15.8. The number of aliphatic carboxylic acids is 1. The molecule has 0 aliphatic carbocycles. The van der Waals surface area contributed by atoms with Gasteiger partial charge >= 0.3 is 5.97 Å². The van der Waals surface area contributed by atoms with E-state index >= 15 is 4.39 Å². The van der Waals surface area contributed by atoms with Crippen LogP contribution in [-0.2, 0) is 11.4 Å². The number of thiophene rings is 1. The number of hydrogen-bond donors (Lipinski definition) is 2. The standard InChI is InChI=1S/C27H33FN2O4S2/c1-34-20-4-5-23-21(15-20)26(19(18-31)17-29-23)22(28)6-7-27(16-24(32)33)8-10-30(11-9-27)12-14-36-25-3-2-13-35-25/h2-5,13,15,17,22,31H,6-12,14,16,18H2,1H3,(H,32,33). The van der Waals surface area contributed by atoms with Crippen molar-refractivity contribution < 1.29 is 24.1 Å². The maximum Gasteiger partial charge on any atom is 0.303 e. The molecule has 36 heavy (non-hydrogen) atoms. The summed E-state index contributed by atoms with van der Waals surface area (Å²) in [5.74, 6) is 0.767. The Balaban J connectivity index is 1.43. The number of benzene rings is 1. The van der Waals surface area contributed by atoms with E-state index in [1.54, 1.807) is 36.6 Å². The zero-order chi connectivity index (χ0) is 25.5. The van der Waals surface area contributed by atoms with Gasteiger partial charge in [0.1, 0.15) is 11.9 Å². The van der Waals surface area contributed by atoms with Gasteiger partial charge in [-0.1, -0.05) is 6.07 Å². The van der Waals surface area contributed by atoms with Crippen LogP contribution in [0.25, 0.3) is 10.9 Å². The zero-order valence-corrected chi connectivity index (χ0v) is 22.1. The van der Waals surface area contributed by atoms with Crippen molar-refractivity contribution in [3.8, 4) is 5.75 Å². The van der Waals surface area contributed by atoms with Gasteiger partial charge in [-0.2, -0.15) is 0 Å². The molecule has 3 heterocycles. The number of piperidine rings is 1. The summed E-state index contributed by atoms with van der Waals surface area (Å²) in [5.41, 5.74) is 1.09. The molecule has 1 aliphatic rings. The molecule has 0 amide bonds. The summed E-state index contributed by atoms with van der Waals surface area (Å²) in [7, 11) is 1.56. The first-order chi connectivity index (χ1) is 17.4. The zero-order valence-electron chi connectivity index (χ0n) is 20.5. The lowest BCUT2D eigenvalue weighted by Gasteiger charge is -2.41. The number of carbonyl (C=O) groups is 1. The minimum absolute atomic E-state index is 0.0509. The average molecular weight is 533 g/mol. The number of halogens is 1.